The second-order valence-electron chi connectivity index (χ2n) is 3.75. The molecule has 3 nitrogen and oxygen atoms in total. The molecule has 3 aromatic rings. The van der Waals surface area contributed by atoms with E-state index in [2.05, 4.69) is 4.98 Å². The summed E-state index contributed by atoms with van der Waals surface area (Å²) in [6, 6.07) is 9.04. The molecule has 0 aromatic carbocycles. The van der Waals surface area contributed by atoms with Crippen LogP contribution in [0.1, 0.15) is 21.1 Å². The largest absolute Gasteiger partial charge is 0.451 e. The van der Waals surface area contributed by atoms with Crippen molar-refractivity contribution in [2.45, 2.75) is 6.92 Å². The van der Waals surface area contributed by atoms with E-state index >= 15 is 0 Å². The minimum absolute atomic E-state index is 0.0874. The molecule has 3 heterocycles. The molecule has 0 bridgehead atoms. The Morgan fingerprint density at radius 2 is 2.24 bits per heavy atom. The number of fused-ring (bicyclic) bond motifs is 1. The molecule has 0 N–H and O–H groups in total. The van der Waals surface area contributed by atoms with Crippen LogP contribution in [-0.2, 0) is 0 Å². The Kier molecular flexibility index (Phi) is 2.30. The molecule has 0 aliphatic rings. The number of furan rings is 1. The summed E-state index contributed by atoms with van der Waals surface area (Å²) >= 11 is 1.41. The van der Waals surface area contributed by atoms with E-state index in [1.807, 2.05) is 30.5 Å². The van der Waals surface area contributed by atoms with Gasteiger partial charge in [-0.25, -0.2) is 4.98 Å². The number of nitrogens with zero attached hydrogens (tertiary/aromatic N) is 1. The van der Waals surface area contributed by atoms with Crippen molar-refractivity contribution in [2.75, 3.05) is 0 Å². The zero-order valence-electron chi connectivity index (χ0n) is 9.14. The van der Waals surface area contributed by atoms with Crippen molar-refractivity contribution >= 4 is 28.2 Å². The topological polar surface area (TPSA) is 43.1 Å². The number of aromatic nitrogens is 1. The van der Waals surface area contributed by atoms with Crippen molar-refractivity contribution in [3.8, 4) is 0 Å². The van der Waals surface area contributed by atoms with Crippen molar-refractivity contribution in [3.63, 3.8) is 0 Å². The number of aryl methyl sites for hydroxylation is 1. The number of hydrogen-bond acceptors (Lipinski definition) is 4. The lowest BCUT2D eigenvalue weighted by Crippen LogP contribution is -1.95. The quantitative estimate of drug-likeness (QED) is 0.647. The van der Waals surface area contributed by atoms with Gasteiger partial charge in [-0.2, -0.15) is 0 Å². The summed E-state index contributed by atoms with van der Waals surface area (Å²) < 4.78 is 5.50. The molecule has 4 heteroatoms. The maximum Gasteiger partial charge on any atom is 0.238 e. The number of ketones is 1. The van der Waals surface area contributed by atoms with Crippen molar-refractivity contribution < 1.29 is 9.21 Å². The van der Waals surface area contributed by atoms with Gasteiger partial charge in [0.2, 0.25) is 5.78 Å². The first-order valence-corrected chi connectivity index (χ1v) is 6.07. The van der Waals surface area contributed by atoms with E-state index in [0.717, 1.165) is 11.2 Å². The maximum atomic E-state index is 12.1. The Morgan fingerprint density at radius 1 is 1.35 bits per heavy atom. The summed E-state index contributed by atoms with van der Waals surface area (Å²) in [5, 5.41) is 1.87. The van der Waals surface area contributed by atoms with Gasteiger partial charge < -0.3 is 4.42 Å². The molecule has 0 radical (unpaired) electrons. The normalized spacial score (nSPS) is 10.9. The Hall–Kier alpha value is -1.94. The van der Waals surface area contributed by atoms with Gasteiger partial charge in [-0.15, -0.1) is 11.3 Å². The number of rotatable bonds is 2. The predicted octanol–water partition coefficient (Wildman–Crippen LogP) is 3.43. The third-order valence-corrected chi connectivity index (χ3v) is 3.35. The Morgan fingerprint density at radius 3 is 3.00 bits per heavy atom. The number of thiophene rings is 1. The van der Waals surface area contributed by atoms with Crippen LogP contribution in [0.2, 0.25) is 0 Å². The monoisotopic (exact) mass is 243 g/mol. The molecule has 0 aliphatic carbocycles. The number of carbonyl (C=O) groups is 1. The van der Waals surface area contributed by atoms with Gasteiger partial charge in [0.05, 0.1) is 4.88 Å². The third-order valence-electron chi connectivity index (χ3n) is 2.48. The van der Waals surface area contributed by atoms with Crippen LogP contribution in [0, 0.1) is 6.92 Å². The standard InChI is InChI=1S/C13H9NO2S/c1-8-4-5-10-9(14-8)7-11(16-10)13(15)12-3-2-6-17-12/h2-7H,1H3. The van der Waals surface area contributed by atoms with E-state index in [4.69, 9.17) is 4.42 Å². The third kappa shape index (κ3) is 1.76. The number of hydrogen-bond donors (Lipinski definition) is 0. The first-order chi connectivity index (χ1) is 8.24. The highest BCUT2D eigenvalue weighted by Crippen LogP contribution is 2.22. The van der Waals surface area contributed by atoms with Crippen LogP contribution in [-0.4, -0.2) is 10.8 Å². The number of pyridine rings is 1. The van der Waals surface area contributed by atoms with Gasteiger partial charge in [0.15, 0.2) is 11.3 Å². The predicted molar refractivity (Wildman–Crippen MR) is 66.5 cm³/mol. The lowest BCUT2D eigenvalue weighted by molar-refractivity contribution is 0.101. The van der Waals surface area contributed by atoms with Crippen LogP contribution in [0.5, 0.6) is 0 Å². The van der Waals surface area contributed by atoms with Crippen LogP contribution in [0.4, 0.5) is 0 Å². The SMILES string of the molecule is Cc1ccc2oc(C(=O)c3cccs3)cc2n1. The second kappa shape index (κ2) is 3.82. The van der Waals surface area contributed by atoms with Gasteiger partial charge in [-0.1, -0.05) is 6.07 Å². The molecule has 17 heavy (non-hydrogen) atoms. The van der Waals surface area contributed by atoms with Crippen molar-refractivity contribution in [2.24, 2.45) is 0 Å². The molecule has 0 atom stereocenters. The van der Waals surface area contributed by atoms with E-state index in [9.17, 15) is 4.79 Å². The average Bonchev–Trinajstić information content (AvgIpc) is 2.96. The molecule has 0 fully saturated rings. The summed E-state index contributed by atoms with van der Waals surface area (Å²) in [5.41, 5.74) is 2.29. The Labute approximate surface area is 102 Å². The first kappa shape index (κ1) is 10.2. The second-order valence-corrected chi connectivity index (χ2v) is 4.70. The van der Waals surface area contributed by atoms with Crippen LogP contribution in [0.15, 0.2) is 40.1 Å². The van der Waals surface area contributed by atoms with E-state index in [0.29, 0.717) is 16.2 Å². The first-order valence-electron chi connectivity index (χ1n) is 5.19. The lowest BCUT2D eigenvalue weighted by Gasteiger charge is -1.90. The van der Waals surface area contributed by atoms with Crippen LogP contribution in [0.3, 0.4) is 0 Å². The highest BCUT2D eigenvalue weighted by atomic mass is 32.1. The molecule has 3 aromatic heterocycles. The van der Waals surface area contributed by atoms with Gasteiger partial charge in [-0.05, 0) is 30.5 Å². The Balaban J connectivity index is 2.09. The van der Waals surface area contributed by atoms with Gasteiger partial charge in [-0.3, -0.25) is 4.79 Å². The van der Waals surface area contributed by atoms with Crippen molar-refractivity contribution in [1.82, 2.24) is 4.98 Å². The maximum absolute atomic E-state index is 12.1. The minimum Gasteiger partial charge on any atom is -0.451 e. The molecule has 0 saturated carbocycles. The van der Waals surface area contributed by atoms with Gasteiger partial charge in [0.1, 0.15) is 5.52 Å². The molecule has 0 unspecified atom stereocenters. The van der Waals surface area contributed by atoms with Crippen LogP contribution in [0.25, 0.3) is 11.1 Å². The van der Waals surface area contributed by atoms with Crippen LogP contribution >= 0.6 is 11.3 Å². The zero-order chi connectivity index (χ0) is 11.8. The summed E-state index contributed by atoms with van der Waals surface area (Å²) in [6.45, 7) is 1.91. The van der Waals surface area contributed by atoms with Gasteiger partial charge in [0, 0.05) is 11.8 Å². The van der Waals surface area contributed by atoms with Gasteiger partial charge in [0.25, 0.3) is 0 Å². The fourth-order valence-electron chi connectivity index (χ4n) is 1.67. The van der Waals surface area contributed by atoms with E-state index in [1.165, 1.54) is 11.3 Å². The molecule has 3 rings (SSSR count). The molecular formula is C13H9NO2S. The summed E-state index contributed by atoms with van der Waals surface area (Å²) in [4.78, 5) is 17.0. The molecular weight excluding hydrogens is 234 g/mol. The van der Waals surface area contributed by atoms with E-state index in [1.54, 1.807) is 12.1 Å². The average molecular weight is 243 g/mol. The van der Waals surface area contributed by atoms with E-state index < -0.39 is 0 Å². The number of carbonyl (C=O) groups excluding carboxylic acids is 1. The fraction of sp³-hybridized carbons (Fsp3) is 0.0769. The summed E-state index contributed by atoms with van der Waals surface area (Å²) in [7, 11) is 0. The zero-order valence-corrected chi connectivity index (χ0v) is 9.95. The summed E-state index contributed by atoms with van der Waals surface area (Å²) in [5.74, 6) is 0.260. The molecule has 0 aliphatic heterocycles. The molecule has 0 spiro atoms. The van der Waals surface area contributed by atoms with E-state index in [-0.39, 0.29) is 5.78 Å². The fourth-order valence-corrected chi connectivity index (χ4v) is 2.34. The highest BCUT2D eigenvalue weighted by molar-refractivity contribution is 7.12. The summed E-state index contributed by atoms with van der Waals surface area (Å²) in [6.07, 6.45) is 0. The highest BCUT2D eigenvalue weighted by Gasteiger charge is 2.15. The van der Waals surface area contributed by atoms with Crippen LogP contribution < -0.4 is 0 Å². The molecule has 84 valence electrons. The smallest absolute Gasteiger partial charge is 0.238 e. The molecule has 0 amide bonds. The van der Waals surface area contributed by atoms with Crippen molar-refractivity contribution in [3.05, 3.63) is 52.0 Å². The van der Waals surface area contributed by atoms with Crippen molar-refractivity contribution in [1.29, 1.82) is 0 Å². The minimum atomic E-state index is -0.0874. The van der Waals surface area contributed by atoms with Gasteiger partial charge >= 0.3 is 0 Å². The Bertz CT molecular complexity index is 683. The molecule has 0 saturated heterocycles. The lowest BCUT2D eigenvalue weighted by atomic mass is 10.2.